The molecule has 0 bridgehead atoms. The van der Waals surface area contributed by atoms with Crippen LogP contribution < -0.4 is 4.74 Å². The normalized spacial score (nSPS) is 21.0. The summed E-state index contributed by atoms with van der Waals surface area (Å²) in [6, 6.07) is 24.2. The minimum Gasteiger partial charge on any atom is -0.490 e. The van der Waals surface area contributed by atoms with Crippen LogP contribution in [-0.4, -0.2) is 30.7 Å². The Morgan fingerprint density at radius 1 is 0.895 bits per heavy atom. The third-order valence-corrected chi connectivity index (χ3v) is 7.52. The topological polar surface area (TPSA) is 65.0 Å². The van der Waals surface area contributed by atoms with Crippen molar-refractivity contribution in [2.24, 2.45) is 10.9 Å². The minimum atomic E-state index is -0.736. The first kappa shape index (κ1) is 26.2. The fourth-order valence-electron chi connectivity index (χ4n) is 5.30. The predicted molar refractivity (Wildman–Crippen MR) is 149 cm³/mol. The summed E-state index contributed by atoms with van der Waals surface area (Å²) in [6.07, 6.45) is 0.933. The maximum absolute atomic E-state index is 13.7. The van der Waals surface area contributed by atoms with Crippen LogP contribution in [0.25, 0.3) is 0 Å². The van der Waals surface area contributed by atoms with Gasteiger partial charge in [-0.2, -0.15) is 0 Å². The number of hydrogen-bond donors (Lipinski definition) is 0. The van der Waals surface area contributed by atoms with E-state index in [1.54, 1.807) is 6.07 Å². The number of esters is 1. The van der Waals surface area contributed by atoms with Gasteiger partial charge in [-0.3, -0.25) is 14.6 Å². The highest BCUT2D eigenvalue weighted by Crippen LogP contribution is 2.47. The predicted octanol–water partition coefficient (Wildman–Crippen LogP) is 7.19. The minimum absolute atomic E-state index is 0.00582. The van der Waals surface area contributed by atoms with Gasteiger partial charge in [-0.15, -0.1) is 0 Å². The van der Waals surface area contributed by atoms with E-state index < -0.39 is 17.8 Å². The molecule has 0 fully saturated rings. The zero-order valence-electron chi connectivity index (χ0n) is 20.9. The third-order valence-electron chi connectivity index (χ3n) is 7.03. The molecule has 7 heteroatoms. The number of aliphatic imine (C=N–C) groups is 1. The van der Waals surface area contributed by atoms with E-state index in [2.05, 4.69) is 0 Å². The first-order chi connectivity index (χ1) is 18.4. The summed E-state index contributed by atoms with van der Waals surface area (Å²) >= 11 is 12.4. The van der Waals surface area contributed by atoms with Crippen LogP contribution in [0.3, 0.4) is 0 Å². The molecule has 0 spiro atoms. The van der Waals surface area contributed by atoms with Crippen molar-refractivity contribution < 1.29 is 19.1 Å². The summed E-state index contributed by atoms with van der Waals surface area (Å²) in [5.41, 5.74) is 3.75. The number of halogens is 2. The number of allylic oxidation sites excluding steroid dienone is 2. The lowest BCUT2D eigenvalue weighted by Crippen LogP contribution is -2.38. The Bertz CT molecular complexity index is 1400. The molecule has 0 saturated heterocycles. The number of rotatable bonds is 7. The maximum atomic E-state index is 13.7. The van der Waals surface area contributed by atoms with E-state index in [-0.39, 0.29) is 24.9 Å². The van der Waals surface area contributed by atoms with Crippen LogP contribution in [0.4, 0.5) is 0 Å². The number of carbonyl (C=O) groups is 2. The lowest BCUT2D eigenvalue weighted by molar-refractivity contribution is -0.147. The molecule has 0 radical (unpaired) electrons. The molecule has 3 aromatic carbocycles. The van der Waals surface area contributed by atoms with Crippen LogP contribution in [0.15, 0.2) is 95.1 Å². The van der Waals surface area contributed by atoms with Gasteiger partial charge in [0, 0.05) is 39.4 Å². The summed E-state index contributed by atoms with van der Waals surface area (Å²) in [5.74, 6) is -1.02. The van der Waals surface area contributed by atoms with Gasteiger partial charge in [-0.25, -0.2) is 0 Å². The van der Waals surface area contributed by atoms with Crippen molar-refractivity contribution in [2.45, 2.75) is 31.6 Å². The van der Waals surface area contributed by atoms with Gasteiger partial charge in [0.1, 0.15) is 24.9 Å². The summed E-state index contributed by atoms with van der Waals surface area (Å²) in [7, 11) is 0. The van der Waals surface area contributed by atoms with Gasteiger partial charge in [0.25, 0.3) is 0 Å². The zero-order chi connectivity index (χ0) is 26.6. The fraction of sp³-hybridized carbons (Fsp3) is 0.258. The molecule has 1 heterocycles. The van der Waals surface area contributed by atoms with Crippen molar-refractivity contribution in [1.82, 2.24) is 0 Å². The summed E-state index contributed by atoms with van der Waals surface area (Å²) in [4.78, 5) is 31.9. The molecule has 1 aliphatic heterocycles. The number of Topliss-reactive ketones (excluding diaryl/α,β-unsaturated/α-hetero) is 1. The number of hydrogen-bond acceptors (Lipinski definition) is 5. The van der Waals surface area contributed by atoms with Crippen LogP contribution >= 0.6 is 23.2 Å². The molecule has 0 saturated carbocycles. The van der Waals surface area contributed by atoms with Crippen molar-refractivity contribution in [2.75, 3.05) is 13.2 Å². The van der Waals surface area contributed by atoms with Gasteiger partial charge in [0.05, 0.1) is 0 Å². The van der Waals surface area contributed by atoms with Gasteiger partial charge in [-0.05, 0) is 66.8 Å². The van der Waals surface area contributed by atoms with E-state index in [1.165, 1.54) is 0 Å². The number of carbonyl (C=O) groups excluding carboxylic acids is 2. The monoisotopic (exact) mass is 547 g/mol. The molecule has 3 aromatic rings. The van der Waals surface area contributed by atoms with Crippen molar-refractivity contribution in [3.05, 3.63) is 111 Å². The van der Waals surface area contributed by atoms with Crippen LogP contribution in [0.1, 0.15) is 42.7 Å². The number of benzene rings is 3. The van der Waals surface area contributed by atoms with E-state index in [0.29, 0.717) is 39.9 Å². The Morgan fingerprint density at radius 2 is 1.66 bits per heavy atom. The highest BCUT2D eigenvalue weighted by Gasteiger charge is 2.44. The van der Waals surface area contributed by atoms with Gasteiger partial charge in [0.15, 0.2) is 5.78 Å². The fourth-order valence-corrected chi connectivity index (χ4v) is 5.63. The van der Waals surface area contributed by atoms with Gasteiger partial charge in [0.2, 0.25) is 0 Å². The average molecular weight is 548 g/mol. The molecular formula is C31H27Cl2NO4. The lowest BCUT2D eigenvalue weighted by atomic mass is 9.69. The van der Waals surface area contributed by atoms with Crippen molar-refractivity contribution >= 4 is 40.7 Å². The van der Waals surface area contributed by atoms with Gasteiger partial charge in [-0.1, -0.05) is 65.7 Å². The number of ether oxygens (including phenoxy) is 2. The summed E-state index contributed by atoms with van der Waals surface area (Å²) in [5, 5.41) is 1.19. The first-order valence-corrected chi connectivity index (χ1v) is 13.3. The number of para-hydroxylation sites is 1. The Kier molecular flexibility index (Phi) is 7.96. The lowest BCUT2D eigenvalue weighted by Gasteiger charge is -2.36. The largest absolute Gasteiger partial charge is 0.490 e. The third kappa shape index (κ3) is 5.69. The van der Waals surface area contributed by atoms with E-state index in [0.717, 1.165) is 16.8 Å². The Hall–Kier alpha value is -3.41. The maximum Gasteiger partial charge on any atom is 0.315 e. The molecule has 2 aliphatic rings. The molecule has 1 unspecified atom stereocenters. The molecule has 194 valence electrons. The standard InChI is InChI=1S/C31H27Cl2NO4/c1-19-28(31(36)38-15-14-37-25-8-3-2-4-9-25)29(21-6-5-7-24(33)16-21)30-26(34-19)17-22(18-27(30)35)20-10-12-23(32)13-11-20/h2-13,16,22,28-29H,14-15,17-18H2,1H3/t22-,28?,29-/m0/s1. The summed E-state index contributed by atoms with van der Waals surface area (Å²) in [6.45, 7) is 2.12. The second kappa shape index (κ2) is 11.5. The number of ketones is 1. The average Bonchev–Trinajstić information content (AvgIpc) is 2.91. The molecule has 0 amide bonds. The number of nitrogens with zero attached hydrogens (tertiary/aromatic N) is 1. The SMILES string of the molecule is CC1=NC2=C(C(=O)C[C@@H](c3ccc(Cl)cc3)C2)[C@@H](c2cccc(Cl)c2)C1C(=O)OCCOc1ccccc1. The van der Waals surface area contributed by atoms with E-state index >= 15 is 0 Å². The Morgan fingerprint density at radius 3 is 2.39 bits per heavy atom. The molecule has 0 aromatic heterocycles. The second-order valence-electron chi connectivity index (χ2n) is 9.53. The molecular weight excluding hydrogens is 521 g/mol. The molecule has 1 aliphatic carbocycles. The van der Waals surface area contributed by atoms with E-state index in [4.69, 9.17) is 37.7 Å². The highest BCUT2D eigenvalue weighted by molar-refractivity contribution is 6.31. The highest BCUT2D eigenvalue weighted by atomic mass is 35.5. The van der Waals surface area contributed by atoms with Crippen molar-refractivity contribution in [1.29, 1.82) is 0 Å². The molecule has 38 heavy (non-hydrogen) atoms. The smallest absolute Gasteiger partial charge is 0.315 e. The quantitative estimate of drug-likeness (QED) is 0.232. The Balaban J connectivity index is 1.41. The van der Waals surface area contributed by atoms with Crippen molar-refractivity contribution in [3.8, 4) is 5.75 Å². The van der Waals surface area contributed by atoms with Crippen LogP contribution in [-0.2, 0) is 14.3 Å². The first-order valence-electron chi connectivity index (χ1n) is 12.6. The molecule has 3 atom stereocenters. The van der Waals surface area contributed by atoms with Crippen LogP contribution in [0, 0.1) is 5.92 Å². The molecule has 5 rings (SSSR count). The van der Waals surface area contributed by atoms with Crippen LogP contribution in [0.2, 0.25) is 10.0 Å². The molecule has 0 N–H and O–H groups in total. The van der Waals surface area contributed by atoms with Crippen LogP contribution in [0.5, 0.6) is 5.75 Å². The van der Waals surface area contributed by atoms with Gasteiger partial charge < -0.3 is 9.47 Å². The van der Waals surface area contributed by atoms with E-state index in [9.17, 15) is 9.59 Å². The Labute approximate surface area is 232 Å². The summed E-state index contributed by atoms with van der Waals surface area (Å²) < 4.78 is 11.3. The zero-order valence-corrected chi connectivity index (χ0v) is 22.4. The van der Waals surface area contributed by atoms with Crippen molar-refractivity contribution in [3.63, 3.8) is 0 Å². The van der Waals surface area contributed by atoms with E-state index in [1.807, 2.05) is 79.7 Å². The molecule has 5 nitrogen and oxygen atoms in total. The van der Waals surface area contributed by atoms with Gasteiger partial charge >= 0.3 is 5.97 Å². The second-order valence-corrected chi connectivity index (χ2v) is 10.4.